The molecule has 0 radical (unpaired) electrons. The lowest BCUT2D eigenvalue weighted by Crippen LogP contribution is -2.09. The first-order chi connectivity index (χ1) is 13.9. The van der Waals surface area contributed by atoms with Crippen molar-refractivity contribution in [3.05, 3.63) is 99.5 Å². The second-order valence-corrected chi connectivity index (χ2v) is 6.89. The van der Waals surface area contributed by atoms with E-state index in [1.807, 2.05) is 0 Å². The van der Waals surface area contributed by atoms with Crippen LogP contribution in [0.3, 0.4) is 0 Å². The highest BCUT2D eigenvalue weighted by Gasteiger charge is 2.30. The maximum absolute atomic E-state index is 13.3. The highest BCUT2D eigenvalue weighted by molar-refractivity contribution is 6.30. The van der Waals surface area contributed by atoms with Gasteiger partial charge >= 0.3 is 5.97 Å². The van der Waals surface area contributed by atoms with Crippen LogP contribution >= 0.6 is 11.6 Å². The molecule has 1 heterocycles. The van der Waals surface area contributed by atoms with Crippen molar-refractivity contribution in [1.29, 1.82) is 0 Å². The molecule has 0 atom stereocenters. The number of ketones is 1. The Morgan fingerprint density at radius 2 is 1.86 bits per heavy atom. The predicted octanol–water partition coefficient (Wildman–Crippen LogP) is 5.62. The highest BCUT2D eigenvalue weighted by Crippen LogP contribution is 2.39. The van der Waals surface area contributed by atoms with Crippen molar-refractivity contribution < 1.29 is 23.5 Å². The van der Waals surface area contributed by atoms with E-state index in [-0.39, 0.29) is 22.9 Å². The lowest BCUT2D eigenvalue weighted by molar-refractivity contribution is 0.0732. The van der Waals surface area contributed by atoms with Crippen molar-refractivity contribution in [3.8, 4) is 11.5 Å². The smallest absolute Gasteiger partial charge is 0.343 e. The lowest BCUT2D eigenvalue weighted by atomic mass is 10.1. The number of fused-ring (bicyclic) bond motifs is 1. The van der Waals surface area contributed by atoms with E-state index in [4.69, 9.17) is 21.1 Å². The quantitative estimate of drug-likeness (QED) is 0.320. The fourth-order valence-electron chi connectivity index (χ4n) is 2.96. The summed E-state index contributed by atoms with van der Waals surface area (Å²) in [6.45, 7) is 1.69. The second-order valence-electron chi connectivity index (χ2n) is 6.46. The largest absolute Gasteiger partial charge is 0.452 e. The van der Waals surface area contributed by atoms with Gasteiger partial charge < -0.3 is 9.47 Å². The molecule has 0 bridgehead atoms. The fourth-order valence-corrected chi connectivity index (χ4v) is 3.09. The molecule has 1 aliphatic heterocycles. The van der Waals surface area contributed by atoms with Crippen molar-refractivity contribution in [2.75, 3.05) is 0 Å². The molecule has 6 heteroatoms. The fraction of sp³-hybridized carbons (Fsp3) is 0.0435. The standard InChI is InChI=1S/C23H14ClFO4/c1-13-19(29-23(27)15-3-2-4-17(25)12-15)10-9-18-21(26)20(28-22(13)18)11-14-5-7-16(24)8-6-14/h2-12H,1H3/b20-11-. The summed E-state index contributed by atoms with van der Waals surface area (Å²) >= 11 is 5.88. The zero-order valence-corrected chi connectivity index (χ0v) is 16.0. The summed E-state index contributed by atoms with van der Waals surface area (Å²) in [6, 6.07) is 15.3. The van der Waals surface area contributed by atoms with Crippen molar-refractivity contribution >= 4 is 29.4 Å². The minimum atomic E-state index is -0.700. The Morgan fingerprint density at radius 3 is 2.59 bits per heavy atom. The molecule has 0 N–H and O–H groups in total. The third kappa shape index (κ3) is 3.77. The zero-order chi connectivity index (χ0) is 20.5. The number of halogens is 2. The van der Waals surface area contributed by atoms with Crippen LogP contribution in [0.2, 0.25) is 5.02 Å². The van der Waals surface area contributed by atoms with Crippen LogP contribution in [0.5, 0.6) is 11.5 Å². The van der Waals surface area contributed by atoms with Gasteiger partial charge in [-0.15, -0.1) is 0 Å². The number of hydrogen-bond donors (Lipinski definition) is 0. The summed E-state index contributed by atoms with van der Waals surface area (Å²) in [7, 11) is 0. The average molecular weight is 409 g/mol. The average Bonchev–Trinajstić information content (AvgIpc) is 3.02. The summed E-state index contributed by atoms with van der Waals surface area (Å²) in [4.78, 5) is 24.9. The van der Waals surface area contributed by atoms with Gasteiger partial charge in [0.15, 0.2) is 5.76 Å². The summed E-state index contributed by atoms with van der Waals surface area (Å²) in [5, 5.41) is 0.592. The molecule has 4 rings (SSSR count). The Labute approximate surface area is 171 Å². The molecule has 3 aromatic carbocycles. The Kier molecular flexibility index (Phi) is 4.91. The SMILES string of the molecule is Cc1c(OC(=O)c2cccc(F)c2)ccc2c1O/C(=C\c1ccc(Cl)cc1)C2=O. The Bertz CT molecular complexity index is 1170. The summed E-state index contributed by atoms with van der Waals surface area (Å²) in [6.07, 6.45) is 1.62. The molecule has 29 heavy (non-hydrogen) atoms. The first kappa shape index (κ1) is 18.9. The van der Waals surface area contributed by atoms with Crippen molar-refractivity contribution in [2.24, 2.45) is 0 Å². The van der Waals surface area contributed by atoms with E-state index in [1.54, 1.807) is 43.3 Å². The Hall–Kier alpha value is -3.44. The summed E-state index contributed by atoms with van der Waals surface area (Å²) < 4.78 is 24.5. The molecular weight excluding hydrogens is 395 g/mol. The van der Waals surface area contributed by atoms with Gasteiger partial charge in [0.1, 0.15) is 17.3 Å². The van der Waals surface area contributed by atoms with Gasteiger partial charge in [-0.05, 0) is 61.0 Å². The molecule has 144 valence electrons. The van der Waals surface area contributed by atoms with Gasteiger partial charge in [0.05, 0.1) is 11.1 Å². The topological polar surface area (TPSA) is 52.6 Å². The molecular formula is C23H14ClFO4. The minimum Gasteiger partial charge on any atom is -0.452 e. The summed E-state index contributed by atoms with van der Waals surface area (Å²) in [5.74, 6) is -0.761. The van der Waals surface area contributed by atoms with Crippen LogP contribution < -0.4 is 9.47 Å². The monoisotopic (exact) mass is 408 g/mol. The van der Waals surface area contributed by atoms with Crippen LogP contribution in [0, 0.1) is 12.7 Å². The van der Waals surface area contributed by atoms with Crippen LogP contribution in [-0.2, 0) is 0 Å². The van der Waals surface area contributed by atoms with Crippen molar-refractivity contribution in [1.82, 2.24) is 0 Å². The van der Waals surface area contributed by atoms with Crippen LogP contribution in [-0.4, -0.2) is 11.8 Å². The normalized spacial score (nSPS) is 13.9. The number of benzene rings is 3. The number of rotatable bonds is 3. The van der Waals surface area contributed by atoms with Crippen LogP contribution in [0.4, 0.5) is 4.39 Å². The lowest BCUT2D eigenvalue weighted by Gasteiger charge is -2.10. The van der Waals surface area contributed by atoms with Gasteiger partial charge in [-0.25, -0.2) is 9.18 Å². The summed E-state index contributed by atoms with van der Waals surface area (Å²) in [5.41, 5.74) is 1.74. The van der Waals surface area contributed by atoms with Gasteiger partial charge in [0.2, 0.25) is 5.78 Å². The number of hydrogen-bond acceptors (Lipinski definition) is 4. The maximum Gasteiger partial charge on any atom is 0.343 e. The molecule has 1 aliphatic rings. The third-order valence-electron chi connectivity index (χ3n) is 4.47. The molecule has 0 unspecified atom stereocenters. The zero-order valence-electron chi connectivity index (χ0n) is 15.2. The Morgan fingerprint density at radius 1 is 1.10 bits per heavy atom. The van der Waals surface area contributed by atoms with E-state index < -0.39 is 11.8 Å². The number of allylic oxidation sites excluding steroid dienone is 1. The van der Waals surface area contributed by atoms with Gasteiger partial charge in [0, 0.05) is 10.6 Å². The third-order valence-corrected chi connectivity index (χ3v) is 4.72. The molecule has 0 saturated heterocycles. The van der Waals surface area contributed by atoms with Gasteiger partial charge in [0.25, 0.3) is 0 Å². The number of carbonyl (C=O) groups is 2. The van der Waals surface area contributed by atoms with Crippen LogP contribution in [0.25, 0.3) is 6.08 Å². The van der Waals surface area contributed by atoms with Crippen LogP contribution in [0.15, 0.2) is 66.4 Å². The molecule has 3 aromatic rings. The van der Waals surface area contributed by atoms with Crippen molar-refractivity contribution in [3.63, 3.8) is 0 Å². The molecule has 0 fully saturated rings. The molecule has 0 spiro atoms. The molecule has 0 amide bonds. The van der Waals surface area contributed by atoms with E-state index in [2.05, 4.69) is 0 Å². The maximum atomic E-state index is 13.3. The van der Waals surface area contributed by atoms with E-state index in [1.165, 1.54) is 24.3 Å². The predicted molar refractivity (Wildman–Crippen MR) is 107 cm³/mol. The molecule has 0 aromatic heterocycles. The van der Waals surface area contributed by atoms with Gasteiger partial charge in [-0.1, -0.05) is 29.8 Å². The van der Waals surface area contributed by atoms with E-state index in [0.717, 1.165) is 11.6 Å². The van der Waals surface area contributed by atoms with E-state index in [9.17, 15) is 14.0 Å². The second kappa shape index (κ2) is 7.53. The number of ether oxygens (including phenoxy) is 2. The number of carbonyl (C=O) groups excluding carboxylic acids is 2. The van der Waals surface area contributed by atoms with Gasteiger partial charge in [-0.2, -0.15) is 0 Å². The highest BCUT2D eigenvalue weighted by atomic mass is 35.5. The Balaban J connectivity index is 1.61. The molecule has 4 nitrogen and oxygen atoms in total. The van der Waals surface area contributed by atoms with Crippen LogP contribution in [0.1, 0.15) is 31.8 Å². The van der Waals surface area contributed by atoms with E-state index in [0.29, 0.717) is 21.9 Å². The van der Waals surface area contributed by atoms with Gasteiger partial charge in [-0.3, -0.25) is 4.79 Å². The molecule has 0 aliphatic carbocycles. The minimum absolute atomic E-state index is 0.0882. The first-order valence-electron chi connectivity index (χ1n) is 8.73. The number of esters is 1. The van der Waals surface area contributed by atoms with E-state index >= 15 is 0 Å². The number of Topliss-reactive ketones (excluding diaryl/α,β-unsaturated/α-hetero) is 1. The molecule has 0 saturated carbocycles. The first-order valence-corrected chi connectivity index (χ1v) is 9.11. The van der Waals surface area contributed by atoms with Crippen molar-refractivity contribution in [2.45, 2.75) is 6.92 Å².